The van der Waals surface area contributed by atoms with Crippen molar-refractivity contribution in [1.82, 2.24) is 14.9 Å². The van der Waals surface area contributed by atoms with E-state index in [1.807, 2.05) is 4.98 Å². The number of carboxylic acid groups (broad SMARTS) is 2. The van der Waals surface area contributed by atoms with Crippen LogP contribution in [0.1, 0.15) is 29.3 Å². The molecule has 18 heteroatoms. The maximum atomic E-state index is 14.0. The number of aliphatic hydroxyl groups excluding tert-OH is 1. The van der Waals surface area contributed by atoms with Gasteiger partial charge in [0.05, 0.1) is 20.3 Å². The highest BCUT2D eigenvalue weighted by atomic mass is 19.4. The average molecular weight is 756 g/mol. The molecule has 1 saturated heterocycles. The van der Waals surface area contributed by atoms with Gasteiger partial charge in [-0.2, -0.15) is 13.2 Å². The number of halogens is 3. The van der Waals surface area contributed by atoms with Crippen molar-refractivity contribution >= 4 is 17.8 Å². The number of alkyl halides is 3. The number of aliphatic carboxylic acids is 2. The Balaban J connectivity index is 1.84. The van der Waals surface area contributed by atoms with E-state index in [1.54, 1.807) is 84.2 Å². The third-order valence-electron chi connectivity index (χ3n) is 8.89. The molecule has 2 heterocycles. The van der Waals surface area contributed by atoms with Crippen LogP contribution in [0.5, 0.6) is 11.5 Å². The molecule has 1 amide bonds. The minimum atomic E-state index is -5.53. The first-order valence-electron chi connectivity index (χ1n) is 16.1. The lowest BCUT2D eigenvalue weighted by atomic mass is 9.79. The number of carboxylic acids is 2. The molecule has 3 aromatic carbocycles. The number of methoxy groups -OCH3 is 2. The van der Waals surface area contributed by atoms with E-state index >= 15 is 0 Å². The third-order valence-corrected chi connectivity index (χ3v) is 8.89. The van der Waals surface area contributed by atoms with Crippen LogP contribution in [0.2, 0.25) is 0 Å². The summed E-state index contributed by atoms with van der Waals surface area (Å²) in [5.74, 6) is -8.13. The molecule has 2 unspecified atom stereocenters. The van der Waals surface area contributed by atoms with Crippen molar-refractivity contribution in [2.45, 2.75) is 48.8 Å². The molecule has 54 heavy (non-hydrogen) atoms. The van der Waals surface area contributed by atoms with Gasteiger partial charge < -0.3 is 49.2 Å². The van der Waals surface area contributed by atoms with Crippen molar-refractivity contribution in [3.63, 3.8) is 0 Å². The Hall–Kier alpha value is -5.98. The number of hydrogen-bond acceptors (Lipinski definition) is 12. The summed E-state index contributed by atoms with van der Waals surface area (Å²) in [6.07, 6.45) is -14.7. The molecule has 0 radical (unpaired) electrons. The fourth-order valence-corrected chi connectivity index (χ4v) is 6.34. The number of carbonyl (C=O) groups is 3. The lowest BCUT2D eigenvalue weighted by Crippen LogP contribution is -2.57. The number of rotatable bonds is 14. The van der Waals surface area contributed by atoms with Gasteiger partial charge in [-0.25, -0.2) is 4.79 Å². The standard InChI is InChI=1S/C36H34F3N3O12/c1-51-22-12-8-20(9-13-22)35(19-6-4-3-5-7-19,21-10-14-23(52-2)15-11-21)54-29-27(41-33(49)36(37,38)39)31(42-17-16-25(43)40-34(42)50)53-30(29)28(46)24(32(47)48)18-26(44)45/h3-17,24,27-31,46H,18H2,1-2H3,(H,41,49)(H,44,45)(H,47,48)(H,40,43,50)/p-2/t24?,27-,28?,29+,30-,31-/m1/s1. The second kappa shape index (κ2) is 15.9. The minimum Gasteiger partial charge on any atom is -0.550 e. The first-order chi connectivity index (χ1) is 25.6. The molecule has 0 saturated carbocycles. The van der Waals surface area contributed by atoms with Gasteiger partial charge in [-0.15, -0.1) is 0 Å². The van der Waals surface area contributed by atoms with Gasteiger partial charge in [0.1, 0.15) is 35.3 Å². The quantitative estimate of drug-likeness (QED) is 0.142. The van der Waals surface area contributed by atoms with E-state index in [1.165, 1.54) is 14.2 Å². The minimum absolute atomic E-state index is 0.282. The summed E-state index contributed by atoms with van der Waals surface area (Å²) < 4.78 is 66.0. The molecule has 4 aromatic rings. The van der Waals surface area contributed by atoms with Gasteiger partial charge in [-0.1, -0.05) is 54.6 Å². The van der Waals surface area contributed by atoms with Gasteiger partial charge in [0, 0.05) is 30.1 Å². The number of H-pyrrole nitrogens is 1. The number of amides is 1. The largest absolute Gasteiger partial charge is 0.550 e. The number of nitrogens with zero attached hydrogens (tertiary/aromatic N) is 1. The van der Waals surface area contributed by atoms with Crippen LogP contribution in [0.15, 0.2) is 101 Å². The number of aromatic nitrogens is 2. The summed E-state index contributed by atoms with van der Waals surface area (Å²) in [5, 5.41) is 37.2. The topological polar surface area (TPSA) is 221 Å². The monoisotopic (exact) mass is 755 g/mol. The van der Waals surface area contributed by atoms with Crippen LogP contribution in [-0.4, -0.2) is 77.3 Å². The Kier molecular flexibility index (Phi) is 11.6. The Morgan fingerprint density at radius 2 is 1.43 bits per heavy atom. The van der Waals surface area contributed by atoms with Gasteiger partial charge in [0.15, 0.2) is 6.23 Å². The van der Waals surface area contributed by atoms with Crippen LogP contribution in [0.3, 0.4) is 0 Å². The molecule has 6 atom stereocenters. The molecular formula is C36H32F3N3O12-2. The van der Waals surface area contributed by atoms with E-state index in [0.717, 1.165) is 12.3 Å². The molecule has 1 aromatic heterocycles. The zero-order chi connectivity index (χ0) is 39.4. The molecule has 0 aliphatic carbocycles. The summed E-state index contributed by atoms with van der Waals surface area (Å²) >= 11 is 0. The number of carbonyl (C=O) groups excluding carboxylic acids is 3. The van der Waals surface area contributed by atoms with E-state index in [2.05, 4.69) is 0 Å². The average Bonchev–Trinajstić information content (AvgIpc) is 3.49. The molecule has 5 rings (SSSR count). The number of hydrogen-bond donors (Lipinski definition) is 3. The van der Waals surface area contributed by atoms with Crippen molar-refractivity contribution in [2.75, 3.05) is 14.2 Å². The van der Waals surface area contributed by atoms with Crippen molar-refractivity contribution in [1.29, 1.82) is 0 Å². The van der Waals surface area contributed by atoms with E-state index in [0.29, 0.717) is 21.6 Å². The zero-order valence-corrected chi connectivity index (χ0v) is 28.4. The lowest BCUT2D eigenvalue weighted by molar-refractivity contribution is -0.325. The molecule has 0 spiro atoms. The second-order valence-electron chi connectivity index (χ2n) is 12.1. The summed E-state index contributed by atoms with van der Waals surface area (Å²) in [4.78, 5) is 63.5. The molecule has 286 valence electrons. The molecule has 1 aliphatic heterocycles. The van der Waals surface area contributed by atoms with E-state index in [9.17, 15) is 52.5 Å². The maximum Gasteiger partial charge on any atom is 0.471 e. The fraction of sp³-hybridized carbons (Fsp3) is 0.306. The summed E-state index contributed by atoms with van der Waals surface area (Å²) in [6.45, 7) is 0. The Morgan fingerprint density at radius 3 is 1.89 bits per heavy atom. The predicted octanol–water partition coefficient (Wildman–Crippen LogP) is -0.257. The van der Waals surface area contributed by atoms with E-state index in [-0.39, 0.29) is 11.1 Å². The van der Waals surface area contributed by atoms with Gasteiger partial charge in [0.25, 0.3) is 5.56 Å². The zero-order valence-electron chi connectivity index (χ0n) is 28.4. The first kappa shape index (κ1) is 39.2. The third kappa shape index (κ3) is 7.99. The lowest BCUT2D eigenvalue weighted by Gasteiger charge is -2.42. The molecule has 1 fully saturated rings. The van der Waals surface area contributed by atoms with Crippen LogP contribution in [-0.2, 0) is 29.5 Å². The molecule has 15 nitrogen and oxygen atoms in total. The Morgan fingerprint density at radius 1 is 0.889 bits per heavy atom. The van der Waals surface area contributed by atoms with Gasteiger partial charge in [0.2, 0.25) is 0 Å². The molecule has 0 bridgehead atoms. The van der Waals surface area contributed by atoms with Crippen molar-refractivity contribution in [3.05, 3.63) is 129 Å². The number of aromatic amines is 1. The van der Waals surface area contributed by atoms with Gasteiger partial charge in [-0.05, 0) is 47.4 Å². The van der Waals surface area contributed by atoms with Gasteiger partial charge in [-0.3, -0.25) is 19.1 Å². The Bertz CT molecular complexity index is 2020. The number of aliphatic hydroxyl groups is 1. The number of ether oxygens (including phenoxy) is 4. The van der Waals surface area contributed by atoms with Crippen molar-refractivity contribution in [2.24, 2.45) is 5.92 Å². The van der Waals surface area contributed by atoms with E-state index < -0.39 is 83.8 Å². The van der Waals surface area contributed by atoms with E-state index in [4.69, 9.17) is 18.9 Å². The summed E-state index contributed by atoms with van der Waals surface area (Å²) in [5.41, 5.74) is -3.22. The number of benzene rings is 3. The van der Waals surface area contributed by atoms with Crippen LogP contribution < -0.4 is 36.3 Å². The normalized spacial score (nSPS) is 19.7. The fourth-order valence-electron chi connectivity index (χ4n) is 6.34. The first-order valence-corrected chi connectivity index (χ1v) is 16.1. The highest BCUT2D eigenvalue weighted by molar-refractivity contribution is 5.82. The highest BCUT2D eigenvalue weighted by Crippen LogP contribution is 2.46. The molecule has 3 N–H and O–H groups in total. The van der Waals surface area contributed by atoms with Crippen molar-refractivity contribution < 1.29 is 61.8 Å². The summed E-state index contributed by atoms with van der Waals surface area (Å²) in [6, 6.07) is 19.2. The predicted molar refractivity (Wildman–Crippen MR) is 175 cm³/mol. The van der Waals surface area contributed by atoms with Crippen LogP contribution in [0.25, 0.3) is 0 Å². The maximum absolute atomic E-state index is 14.0. The SMILES string of the molecule is COc1ccc(C(O[C@H]2[C@@H](NC(=O)C(F)(F)F)[C@H](n3ccc(=O)[nH]c3=O)O[C@@H]2C(O)C(CC(=O)[O-])C(=O)[O-])(c2ccccc2)c2ccc(OC)cc2)cc1. The molecule has 1 aliphatic rings. The van der Waals surface area contributed by atoms with Crippen molar-refractivity contribution in [3.8, 4) is 11.5 Å². The molecular weight excluding hydrogens is 723 g/mol. The Labute approximate surface area is 303 Å². The van der Waals surface area contributed by atoms with Crippen LogP contribution in [0.4, 0.5) is 13.2 Å². The second-order valence-corrected chi connectivity index (χ2v) is 12.1. The smallest absolute Gasteiger partial charge is 0.471 e. The van der Waals surface area contributed by atoms with Crippen LogP contribution >= 0.6 is 0 Å². The summed E-state index contributed by atoms with van der Waals surface area (Å²) in [7, 11) is 2.82. The van der Waals surface area contributed by atoms with Gasteiger partial charge >= 0.3 is 17.8 Å². The number of nitrogens with one attached hydrogen (secondary N) is 2. The van der Waals surface area contributed by atoms with Crippen LogP contribution in [0, 0.1) is 5.92 Å². The highest BCUT2D eigenvalue weighted by Gasteiger charge is 2.57.